The Hall–Kier alpha value is -2.89. The molecule has 20 heavy (non-hydrogen) atoms. The monoisotopic (exact) mass is 272 g/mol. The normalized spacial score (nSPS) is 10.0. The average molecular weight is 272 g/mol. The fourth-order valence-corrected chi connectivity index (χ4v) is 1.80. The Morgan fingerprint density at radius 3 is 2.65 bits per heavy atom. The van der Waals surface area contributed by atoms with Gasteiger partial charge in [-0.3, -0.25) is 10.1 Å². The zero-order valence-corrected chi connectivity index (χ0v) is 10.4. The average Bonchev–Trinajstić information content (AvgIpc) is 2.45. The van der Waals surface area contributed by atoms with E-state index < -0.39 is 10.9 Å². The van der Waals surface area contributed by atoms with Crippen LogP contribution in [-0.2, 0) is 6.54 Å². The second-order valence-electron chi connectivity index (χ2n) is 4.13. The highest BCUT2D eigenvalue weighted by atomic mass is 16.6. The van der Waals surface area contributed by atoms with Crippen molar-refractivity contribution in [1.82, 2.24) is 0 Å². The summed E-state index contributed by atoms with van der Waals surface area (Å²) in [5, 5.41) is 22.7. The topological polar surface area (TPSA) is 92.5 Å². The molecule has 0 heterocycles. The van der Waals surface area contributed by atoms with E-state index in [1.54, 1.807) is 30.3 Å². The molecule has 102 valence electrons. The quantitative estimate of drug-likeness (QED) is 0.644. The summed E-state index contributed by atoms with van der Waals surface area (Å²) in [4.78, 5) is 21.3. The van der Waals surface area contributed by atoms with Crippen LogP contribution in [0.15, 0.2) is 48.5 Å². The molecule has 0 saturated carbocycles. The number of nitro groups is 1. The van der Waals surface area contributed by atoms with Gasteiger partial charge in [-0.25, -0.2) is 4.79 Å². The number of carboxylic acid groups (broad SMARTS) is 1. The Morgan fingerprint density at radius 1 is 1.20 bits per heavy atom. The number of para-hydroxylation sites is 1. The number of hydrogen-bond acceptors (Lipinski definition) is 4. The fraction of sp³-hybridized carbons (Fsp3) is 0.0714. The Balaban J connectivity index is 2.15. The third-order valence-electron chi connectivity index (χ3n) is 2.76. The molecular formula is C14H12N2O4. The van der Waals surface area contributed by atoms with Crippen LogP contribution in [0.1, 0.15) is 15.9 Å². The standard InChI is InChI=1S/C14H12N2O4/c17-14(18)12-6-1-2-7-13(12)15-9-10-4-3-5-11(8-10)16(19)20/h1-8,15H,9H2,(H,17,18). The molecule has 2 N–H and O–H groups in total. The molecule has 0 spiro atoms. The molecule has 2 aromatic rings. The van der Waals surface area contributed by atoms with Crippen LogP contribution in [0.4, 0.5) is 11.4 Å². The van der Waals surface area contributed by atoms with Gasteiger partial charge < -0.3 is 10.4 Å². The van der Waals surface area contributed by atoms with Gasteiger partial charge in [-0.2, -0.15) is 0 Å². The highest BCUT2D eigenvalue weighted by Crippen LogP contribution is 2.18. The summed E-state index contributed by atoms with van der Waals surface area (Å²) >= 11 is 0. The lowest BCUT2D eigenvalue weighted by Gasteiger charge is -2.09. The van der Waals surface area contributed by atoms with Crippen molar-refractivity contribution in [3.63, 3.8) is 0 Å². The Labute approximate surface area is 114 Å². The molecule has 0 amide bonds. The van der Waals surface area contributed by atoms with E-state index in [1.165, 1.54) is 18.2 Å². The van der Waals surface area contributed by atoms with Crippen molar-refractivity contribution in [3.05, 3.63) is 69.8 Å². The largest absolute Gasteiger partial charge is 0.478 e. The highest BCUT2D eigenvalue weighted by molar-refractivity contribution is 5.94. The smallest absolute Gasteiger partial charge is 0.337 e. The number of benzene rings is 2. The van der Waals surface area contributed by atoms with E-state index in [-0.39, 0.29) is 11.3 Å². The molecule has 2 aromatic carbocycles. The summed E-state index contributed by atoms with van der Waals surface area (Å²) < 4.78 is 0. The fourth-order valence-electron chi connectivity index (χ4n) is 1.80. The molecule has 0 radical (unpaired) electrons. The van der Waals surface area contributed by atoms with Crippen molar-refractivity contribution in [1.29, 1.82) is 0 Å². The number of anilines is 1. The first-order valence-electron chi connectivity index (χ1n) is 5.87. The summed E-state index contributed by atoms with van der Waals surface area (Å²) in [6.07, 6.45) is 0. The van der Waals surface area contributed by atoms with Crippen LogP contribution < -0.4 is 5.32 Å². The third kappa shape index (κ3) is 3.11. The summed E-state index contributed by atoms with van der Waals surface area (Å²) in [6.45, 7) is 0.311. The lowest BCUT2D eigenvalue weighted by atomic mass is 10.1. The number of non-ortho nitro benzene ring substituents is 1. The molecule has 0 bridgehead atoms. The van der Waals surface area contributed by atoms with E-state index in [0.29, 0.717) is 17.8 Å². The molecule has 0 aromatic heterocycles. The van der Waals surface area contributed by atoms with E-state index in [4.69, 9.17) is 5.11 Å². The first kappa shape index (κ1) is 13.5. The number of rotatable bonds is 5. The van der Waals surface area contributed by atoms with Crippen LogP contribution in [-0.4, -0.2) is 16.0 Å². The Bertz CT molecular complexity index is 655. The molecule has 0 atom stereocenters. The van der Waals surface area contributed by atoms with E-state index in [1.807, 2.05) is 0 Å². The SMILES string of the molecule is O=C(O)c1ccccc1NCc1cccc([N+](=O)[O-])c1. The molecule has 0 saturated heterocycles. The van der Waals surface area contributed by atoms with Crippen LogP contribution in [0.2, 0.25) is 0 Å². The molecule has 0 aliphatic carbocycles. The highest BCUT2D eigenvalue weighted by Gasteiger charge is 2.09. The molecule has 0 unspecified atom stereocenters. The number of nitro benzene ring substituents is 1. The zero-order chi connectivity index (χ0) is 14.5. The van der Waals surface area contributed by atoms with Gasteiger partial charge >= 0.3 is 5.97 Å². The minimum atomic E-state index is -1.02. The number of nitrogens with one attached hydrogen (secondary N) is 1. The van der Waals surface area contributed by atoms with Crippen LogP contribution in [0, 0.1) is 10.1 Å². The predicted molar refractivity (Wildman–Crippen MR) is 73.8 cm³/mol. The summed E-state index contributed by atoms with van der Waals surface area (Å²) in [7, 11) is 0. The maximum absolute atomic E-state index is 11.0. The molecule has 6 nitrogen and oxygen atoms in total. The number of aromatic carboxylic acids is 1. The van der Waals surface area contributed by atoms with Crippen LogP contribution in [0.5, 0.6) is 0 Å². The number of carboxylic acids is 1. The van der Waals surface area contributed by atoms with Crippen molar-refractivity contribution in [3.8, 4) is 0 Å². The molecule has 0 aliphatic heterocycles. The first-order chi connectivity index (χ1) is 9.58. The van der Waals surface area contributed by atoms with Gasteiger partial charge in [0, 0.05) is 24.4 Å². The van der Waals surface area contributed by atoms with Gasteiger partial charge in [0.05, 0.1) is 10.5 Å². The van der Waals surface area contributed by atoms with Crippen molar-refractivity contribution in [2.24, 2.45) is 0 Å². The van der Waals surface area contributed by atoms with E-state index >= 15 is 0 Å². The molecular weight excluding hydrogens is 260 g/mol. The Morgan fingerprint density at radius 2 is 1.95 bits per heavy atom. The second-order valence-corrected chi connectivity index (χ2v) is 4.13. The van der Waals surface area contributed by atoms with Crippen LogP contribution in [0.3, 0.4) is 0 Å². The van der Waals surface area contributed by atoms with Gasteiger partial charge in [0.1, 0.15) is 0 Å². The van der Waals surface area contributed by atoms with Gasteiger partial charge in [-0.1, -0.05) is 24.3 Å². The summed E-state index contributed by atoms with van der Waals surface area (Å²) in [5.74, 6) is -1.02. The van der Waals surface area contributed by atoms with Gasteiger partial charge in [-0.15, -0.1) is 0 Å². The molecule has 6 heteroatoms. The number of nitrogens with zero attached hydrogens (tertiary/aromatic N) is 1. The van der Waals surface area contributed by atoms with Crippen molar-refractivity contribution in [2.75, 3.05) is 5.32 Å². The molecule has 2 rings (SSSR count). The van der Waals surface area contributed by atoms with Gasteiger partial charge in [-0.05, 0) is 17.7 Å². The predicted octanol–water partition coefficient (Wildman–Crippen LogP) is 2.91. The number of carbonyl (C=O) groups is 1. The minimum Gasteiger partial charge on any atom is -0.478 e. The van der Waals surface area contributed by atoms with Gasteiger partial charge in [0.2, 0.25) is 0 Å². The second kappa shape index (κ2) is 5.83. The first-order valence-corrected chi connectivity index (χ1v) is 5.87. The third-order valence-corrected chi connectivity index (χ3v) is 2.76. The van der Waals surface area contributed by atoms with Gasteiger partial charge in [0.15, 0.2) is 0 Å². The Kier molecular flexibility index (Phi) is 3.95. The van der Waals surface area contributed by atoms with Crippen LogP contribution in [0.25, 0.3) is 0 Å². The van der Waals surface area contributed by atoms with Crippen molar-refractivity contribution >= 4 is 17.3 Å². The summed E-state index contributed by atoms with van der Waals surface area (Å²) in [6, 6.07) is 12.7. The lowest BCUT2D eigenvalue weighted by Crippen LogP contribution is -2.06. The van der Waals surface area contributed by atoms with E-state index in [0.717, 1.165) is 0 Å². The van der Waals surface area contributed by atoms with E-state index in [9.17, 15) is 14.9 Å². The zero-order valence-electron chi connectivity index (χ0n) is 10.4. The summed E-state index contributed by atoms with van der Waals surface area (Å²) in [5.41, 5.74) is 1.36. The van der Waals surface area contributed by atoms with Gasteiger partial charge in [0.25, 0.3) is 5.69 Å². The van der Waals surface area contributed by atoms with Crippen molar-refractivity contribution < 1.29 is 14.8 Å². The maximum Gasteiger partial charge on any atom is 0.337 e. The van der Waals surface area contributed by atoms with Crippen molar-refractivity contribution in [2.45, 2.75) is 6.54 Å². The minimum absolute atomic E-state index is 0.0100. The van der Waals surface area contributed by atoms with Crippen LogP contribution >= 0.6 is 0 Å². The maximum atomic E-state index is 11.0. The van der Waals surface area contributed by atoms with E-state index in [2.05, 4.69) is 5.32 Å². The number of hydrogen-bond donors (Lipinski definition) is 2. The molecule has 0 aliphatic rings. The lowest BCUT2D eigenvalue weighted by molar-refractivity contribution is -0.384. The molecule has 0 fully saturated rings.